The van der Waals surface area contributed by atoms with Crippen molar-refractivity contribution >= 4 is 12.4 Å². The first kappa shape index (κ1) is 13.3. The molecule has 19 heavy (non-hydrogen) atoms. The predicted molar refractivity (Wildman–Crippen MR) is 73.8 cm³/mol. The summed E-state index contributed by atoms with van der Waals surface area (Å²) in [4.78, 5) is 1.90. The van der Waals surface area contributed by atoms with Crippen molar-refractivity contribution in [3.63, 3.8) is 0 Å². The molecule has 6 heteroatoms. The fraction of sp³-hybridized carbons (Fsp3) is 0.923. The maximum absolute atomic E-state index is 6.34. The average Bonchev–Trinajstić information content (AvgIpc) is 2.80. The van der Waals surface area contributed by atoms with E-state index in [1.54, 1.807) is 6.33 Å². The van der Waals surface area contributed by atoms with Crippen molar-refractivity contribution in [1.29, 1.82) is 0 Å². The van der Waals surface area contributed by atoms with Gasteiger partial charge in [-0.05, 0) is 67.9 Å². The van der Waals surface area contributed by atoms with Crippen LogP contribution < -0.4 is 5.73 Å². The van der Waals surface area contributed by atoms with Gasteiger partial charge in [-0.25, -0.2) is 0 Å². The van der Waals surface area contributed by atoms with Crippen LogP contribution in [-0.2, 0) is 5.54 Å². The fourth-order valence-electron chi connectivity index (χ4n) is 5.44. The van der Waals surface area contributed by atoms with Crippen LogP contribution in [-0.4, -0.2) is 26.2 Å². The highest BCUT2D eigenvalue weighted by Gasteiger charge is 2.60. The molecule has 1 heterocycles. The van der Waals surface area contributed by atoms with Crippen molar-refractivity contribution < 1.29 is 0 Å². The van der Waals surface area contributed by atoms with Gasteiger partial charge in [-0.2, -0.15) is 4.80 Å². The molecule has 3 unspecified atom stereocenters. The van der Waals surface area contributed by atoms with Crippen LogP contribution in [0.2, 0.25) is 0 Å². The molecule has 4 saturated carbocycles. The van der Waals surface area contributed by atoms with Crippen LogP contribution >= 0.6 is 12.4 Å². The van der Waals surface area contributed by atoms with Crippen LogP contribution in [0, 0.1) is 17.3 Å². The summed E-state index contributed by atoms with van der Waals surface area (Å²) in [7, 11) is 0. The van der Waals surface area contributed by atoms with Crippen molar-refractivity contribution in [3.8, 4) is 0 Å². The first-order chi connectivity index (χ1) is 8.62. The smallest absolute Gasteiger partial charge is 0.162 e. The highest BCUT2D eigenvalue weighted by molar-refractivity contribution is 5.85. The highest BCUT2D eigenvalue weighted by atomic mass is 35.5. The lowest BCUT2D eigenvalue weighted by molar-refractivity contribution is -0.120. The van der Waals surface area contributed by atoms with Crippen LogP contribution in [0.4, 0.5) is 0 Å². The molecule has 5 rings (SSSR count). The van der Waals surface area contributed by atoms with E-state index in [-0.39, 0.29) is 24.0 Å². The molecule has 0 aromatic carbocycles. The van der Waals surface area contributed by atoms with Gasteiger partial charge in [0.05, 0.1) is 5.54 Å². The Morgan fingerprint density at radius 2 is 1.95 bits per heavy atom. The fourth-order valence-corrected chi connectivity index (χ4v) is 5.44. The Morgan fingerprint density at radius 3 is 2.47 bits per heavy atom. The molecule has 0 amide bonds. The Hall–Kier alpha value is -0.680. The maximum atomic E-state index is 6.34. The van der Waals surface area contributed by atoms with Gasteiger partial charge in [-0.15, -0.1) is 22.6 Å². The van der Waals surface area contributed by atoms with Crippen molar-refractivity contribution in [2.24, 2.45) is 23.0 Å². The van der Waals surface area contributed by atoms with Gasteiger partial charge in [0.25, 0.3) is 0 Å². The van der Waals surface area contributed by atoms with Crippen LogP contribution in [0.15, 0.2) is 6.33 Å². The Kier molecular flexibility index (Phi) is 2.91. The number of tetrazole rings is 1. The molecule has 5 nitrogen and oxygen atoms in total. The normalized spacial score (nSPS) is 44.9. The molecule has 0 aliphatic heterocycles. The van der Waals surface area contributed by atoms with E-state index in [4.69, 9.17) is 5.73 Å². The average molecular weight is 284 g/mol. The van der Waals surface area contributed by atoms with Gasteiger partial charge in [0.1, 0.15) is 0 Å². The van der Waals surface area contributed by atoms with Crippen molar-refractivity contribution in [2.75, 3.05) is 0 Å². The number of hydrogen-bond donors (Lipinski definition) is 1. The summed E-state index contributed by atoms with van der Waals surface area (Å²) >= 11 is 0. The summed E-state index contributed by atoms with van der Waals surface area (Å²) in [5.74, 6) is 1.64. The first-order valence-electron chi connectivity index (χ1n) is 7.11. The molecule has 4 aliphatic rings. The Balaban J connectivity index is 0.00000110. The zero-order valence-corrected chi connectivity index (χ0v) is 12.1. The minimum Gasteiger partial charge on any atom is -0.327 e. The minimum atomic E-state index is 0. The Morgan fingerprint density at radius 1 is 1.26 bits per heavy atom. The van der Waals surface area contributed by atoms with Crippen molar-refractivity contribution in [1.82, 2.24) is 20.2 Å². The Labute approximate surface area is 119 Å². The van der Waals surface area contributed by atoms with Gasteiger partial charge in [-0.1, -0.05) is 0 Å². The number of aromatic nitrogens is 4. The summed E-state index contributed by atoms with van der Waals surface area (Å²) in [5, 5.41) is 12.5. The SMILES string of the molecule is CC(N)C12CC3CC(C1)CC(n1ncnn1)(C3)C2.Cl. The van der Waals surface area contributed by atoms with E-state index in [2.05, 4.69) is 22.3 Å². The standard InChI is InChI=1S/C13H21N5.ClH/c1-9(14)12-3-10-2-11(4-12)6-13(5-10,7-12)18-16-8-15-17-18;/h8-11H,2-7,14H2,1H3;1H. The molecular weight excluding hydrogens is 262 g/mol. The molecule has 106 valence electrons. The maximum Gasteiger partial charge on any atom is 0.162 e. The van der Waals surface area contributed by atoms with Crippen LogP contribution in [0.5, 0.6) is 0 Å². The lowest BCUT2D eigenvalue weighted by Gasteiger charge is -2.62. The number of halogens is 1. The molecule has 0 spiro atoms. The summed E-state index contributed by atoms with van der Waals surface area (Å²) in [6, 6.07) is 0.284. The molecule has 4 bridgehead atoms. The van der Waals surface area contributed by atoms with Gasteiger partial charge in [0, 0.05) is 6.04 Å². The molecule has 0 saturated heterocycles. The third kappa shape index (κ3) is 1.74. The van der Waals surface area contributed by atoms with E-state index >= 15 is 0 Å². The first-order valence-corrected chi connectivity index (χ1v) is 7.11. The second-order valence-corrected chi connectivity index (χ2v) is 7.06. The third-order valence-corrected chi connectivity index (χ3v) is 5.81. The van der Waals surface area contributed by atoms with Crippen molar-refractivity contribution in [2.45, 2.75) is 57.0 Å². The highest BCUT2D eigenvalue weighted by Crippen LogP contribution is 2.64. The zero-order chi connectivity index (χ0) is 12.4. The molecule has 4 fully saturated rings. The van der Waals surface area contributed by atoms with E-state index in [1.165, 1.54) is 32.1 Å². The van der Waals surface area contributed by atoms with Crippen LogP contribution in [0.25, 0.3) is 0 Å². The summed E-state index contributed by atoms with van der Waals surface area (Å²) in [6.07, 6.45) is 9.21. The minimum absolute atomic E-state index is 0. The van der Waals surface area contributed by atoms with Gasteiger partial charge >= 0.3 is 0 Å². The number of hydrogen-bond acceptors (Lipinski definition) is 4. The molecule has 2 N–H and O–H groups in total. The molecule has 0 radical (unpaired) electrons. The van der Waals surface area contributed by atoms with E-state index in [0.717, 1.165) is 18.3 Å². The largest absolute Gasteiger partial charge is 0.327 e. The zero-order valence-electron chi connectivity index (χ0n) is 11.3. The predicted octanol–water partition coefficient (Wildman–Crippen LogP) is 1.74. The molecule has 1 aromatic heterocycles. The summed E-state index contributed by atoms with van der Waals surface area (Å²) in [6.45, 7) is 2.19. The second-order valence-electron chi connectivity index (χ2n) is 7.06. The molecule has 4 aliphatic carbocycles. The van der Waals surface area contributed by atoms with Gasteiger partial charge < -0.3 is 5.73 Å². The topological polar surface area (TPSA) is 69.6 Å². The lowest BCUT2D eigenvalue weighted by Crippen LogP contribution is -2.61. The van der Waals surface area contributed by atoms with Crippen LogP contribution in [0.3, 0.4) is 0 Å². The molecular formula is C13H22ClN5. The van der Waals surface area contributed by atoms with E-state index < -0.39 is 0 Å². The van der Waals surface area contributed by atoms with E-state index in [0.29, 0.717) is 5.41 Å². The van der Waals surface area contributed by atoms with Crippen molar-refractivity contribution in [3.05, 3.63) is 6.33 Å². The van der Waals surface area contributed by atoms with Crippen LogP contribution in [0.1, 0.15) is 45.4 Å². The molecule has 3 atom stereocenters. The van der Waals surface area contributed by atoms with E-state index in [1.807, 2.05) is 4.80 Å². The second kappa shape index (κ2) is 4.16. The summed E-state index contributed by atoms with van der Waals surface area (Å²) in [5.41, 5.74) is 6.79. The summed E-state index contributed by atoms with van der Waals surface area (Å²) < 4.78 is 0. The van der Waals surface area contributed by atoms with Gasteiger partial charge in [0.15, 0.2) is 6.33 Å². The number of nitrogens with two attached hydrogens (primary N) is 1. The van der Waals surface area contributed by atoms with Gasteiger partial charge in [0.2, 0.25) is 0 Å². The van der Waals surface area contributed by atoms with Gasteiger partial charge in [-0.3, -0.25) is 0 Å². The molecule has 1 aromatic rings. The quantitative estimate of drug-likeness (QED) is 0.897. The monoisotopic (exact) mass is 283 g/mol. The Bertz CT molecular complexity index is 444. The number of nitrogens with zero attached hydrogens (tertiary/aromatic N) is 4. The number of rotatable bonds is 2. The lowest BCUT2D eigenvalue weighted by atomic mass is 9.45. The third-order valence-electron chi connectivity index (χ3n) is 5.81. The van der Waals surface area contributed by atoms with E-state index in [9.17, 15) is 0 Å².